The fourth-order valence-corrected chi connectivity index (χ4v) is 4.94. The number of phenolic OH excluding ortho intramolecular Hbond substituents is 1. The van der Waals surface area contributed by atoms with Crippen LogP contribution in [0.1, 0.15) is 36.8 Å². The molecule has 5 nitrogen and oxygen atoms in total. The molecular formula is C21H28N4O. The van der Waals surface area contributed by atoms with Crippen LogP contribution in [0.2, 0.25) is 0 Å². The second-order valence-corrected chi connectivity index (χ2v) is 8.07. The largest absolute Gasteiger partial charge is 0.507 e. The Kier molecular flexibility index (Phi) is 4.35. The van der Waals surface area contributed by atoms with E-state index in [2.05, 4.69) is 39.2 Å². The number of benzene rings is 1. The first-order valence-corrected chi connectivity index (χ1v) is 9.59. The van der Waals surface area contributed by atoms with Crippen LogP contribution in [0.25, 0.3) is 11.3 Å². The van der Waals surface area contributed by atoms with Crippen molar-refractivity contribution in [2.45, 2.75) is 45.1 Å². The van der Waals surface area contributed by atoms with Gasteiger partial charge in [-0.1, -0.05) is 6.07 Å². The Morgan fingerprint density at radius 2 is 1.81 bits per heavy atom. The molecule has 2 aliphatic rings. The van der Waals surface area contributed by atoms with Crippen molar-refractivity contribution in [3.05, 3.63) is 35.4 Å². The Morgan fingerprint density at radius 1 is 1.04 bits per heavy atom. The van der Waals surface area contributed by atoms with Crippen molar-refractivity contribution in [3.63, 3.8) is 0 Å². The highest BCUT2D eigenvalue weighted by molar-refractivity contribution is 5.71. The monoisotopic (exact) mass is 352 g/mol. The molecule has 1 aromatic heterocycles. The average Bonchev–Trinajstić information content (AvgIpc) is 2.97. The number of anilines is 1. The number of aromatic hydroxyl groups is 1. The predicted molar refractivity (Wildman–Crippen MR) is 105 cm³/mol. The summed E-state index contributed by atoms with van der Waals surface area (Å²) in [7, 11) is 2.22. The molecule has 138 valence electrons. The Hall–Kier alpha value is -2.14. The zero-order valence-corrected chi connectivity index (χ0v) is 16.0. The van der Waals surface area contributed by atoms with Gasteiger partial charge in [0.25, 0.3) is 0 Å². The van der Waals surface area contributed by atoms with Crippen LogP contribution < -0.4 is 4.90 Å². The zero-order chi connectivity index (χ0) is 18.3. The summed E-state index contributed by atoms with van der Waals surface area (Å²) < 4.78 is 0. The first kappa shape index (κ1) is 17.3. The number of likely N-dealkylation sites (tertiary alicyclic amines) is 1. The number of hydrogen-bond acceptors (Lipinski definition) is 5. The number of phenols is 1. The smallest absolute Gasteiger partial charge is 0.151 e. The van der Waals surface area contributed by atoms with Crippen molar-refractivity contribution in [3.8, 4) is 17.0 Å². The minimum absolute atomic E-state index is 0.213. The van der Waals surface area contributed by atoms with Gasteiger partial charge in [-0.2, -0.15) is 0 Å². The Labute approximate surface area is 155 Å². The van der Waals surface area contributed by atoms with E-state index in [-0.39, 0.29) is 11.3 Å². The first-order chi connectivity index (χ1) is 12.5. The van der Waals surface area contributed by atoms with Gasteiger partial charge in [0.05, 0.1) is 11.2 Å². The molecule has 2 aromatic rings. The van der Waals surface area contributed by atoms with Crippen molar-refractivity contribution in [1.29, 1.82) is 0 Å². The molecule has 1 atom stereocenters. The van der Waals surface area contributed by atoms with Crippen molar-refractivity contribution in [2.75, 3.05) is 31.6 Å². The van der Waals surface area contributed by atoms with Crippen LogP contribution in [0, 0.1) is 13.8 Å². The molecular weight excluding hydrogens is 324 g/mol. The summed E-state index contributed by atoms with van der Waals surface area (Å²) in [5, 5.41) is 19.4. The van der Waals surface area contributed by atoms with Crippen LogP contribution in [-0.2, 0) is 0 Å². The Balaban J connectivity index is 1.64. The molecule has 0 bridgehead atoms. The van der Waals surface area contributed by atoms with Crippen molar-refractivity contribution in [1.82, 2.24) is 15.1 Å². The quantitative estimate of drug-likeness (QED) is 0.896. The highest BCUT2D eigenvalue weighted by atomic mass is 16.3. The standard InChI is InChI=1S/C21H28N4O/c1-15-12-16(2)20(18(26)13-15)17-6-7-19(23-22-17)25-11-5-9-21(25)8-4-10-24(3)14-21/h6-7,12-13,26H,4-5,8-11,14H2,1-3H3. The zero-order valence-electron chi connectivity index (χ0n) is 16.0. The van der Waals surface area contributed by atoms with Gasteiger partial charge < -0.3 is 14.9 Å². The Bertz CT molecular complexity index is 781. The summed E-state index contributed by atoms with van der Waals surface area (Å²) in [6.07, 6.45) is 4.93. The molecule has 0 saturated carbocycles. The third-order valence-electron chi connectivity index (χ3n) is 5.98. The van der Waals surface area contributed by atoms with E-state index in [9.17, 15) is 5.11 Å². The van der Waals surface area contributed by atoms with Gasteiger partial charge in [0.1, 0.15) is 5.75 Å². The van der Waals surface area contributed by atoms with Gasteiger partial charge in [-0.25, -0.2) is 0 Å². The fourth-order valence-electron chi connectivity index (χ4n) is 4.94. The molecule has 1 N–H and O–H groups in total. The van der Waals surface area contributed by atoms with E-state index < -0.39 is 0 Å². The summed E-state index contributed by atoms with van der Waals surface area (Å²) in [5.41, 5.74) is 3.80. The van der Waals surface area contributed by atoms with Gasteiger partial charge in [-0.05, 0) is 82.4 Å². The van der Waals surface area contributed by atoms with Crippen LogP contribution in [0.5, 0.6) is 5.75 Å². The number of likely N-dealkylation sites (N-methyl/N-ethyl adjacent to an activating group) is 1. The maximum atomic E-state index is 10.4. The number of aryl methyl sites for hydroxylation is 2. The number of hydrogen-bond donors (Lipinski definition) is 1. The highest BCUT2D eigenvalue weighted by Crippen LogP contribution is 2.40. The lowest BCUT2D eigenvalue weighted by molar-refractivity contribution is 0.179. The number of aromatic nitrogens is 2. The lowest BCUT2D eigenvalue weighted by Crippen LogP contribution is -2.55. The van der Waals surface area contributed by atoms with Gasteiger partial charge in [0.2, 0.25) is 0 Å². The molecule has 1 unspecified atom stereocenters. The summed E-state index contributed by atoms with van der Waals surface area (Å²) in [5.74, 6) is 1.24. The van der Waals surface area contributed by atoms with Crippen molar-refractivity contribution in [2.24, 2.45) is 0 Å². The average molecular weight is 352 g/mol. The minimum Gasteiger partial charge on any atom is -0.507 e. The SMILES string of the molecule is Cc1cc(C)c(-c2ccc(N3CCCC34CCCN(C)C4)nn2)c(O)c1. The minimum atomic E-state index is 0.213. The third kappa shape index (κ3) is 2.94. The normalized spacial score (nSPS) is 23.7. The first-order valence-electron chi connectivity index (χ1n) is 9.59. The maximum Gasteiger partial charge on any atom is 0.151 e. The predicted octanol–water partition coefficient (Wildman–Crippen LogP) is 3.53. The van der Waals surface area contributed by atoms with E-state index in [1.54, 1.807) is 6.07 Å². The molecule has 0 aliphatic carbocycles. The molecule has 0 amide bonds. The van der Waals surface area contributed by atoms with Crippen LogP contribution in [-0.4, -0.2) is 52.4 Å². The van der Waals surface area contributed by atoms with E-state index in [0.29, 0.717) is 0 Å². The van der Waals surface area contributed by atoms with E-state index >= 15 is 0 Å². The lowest BCUT2D eigenvalue weighted by atomic mass is 9.86. The molecule has 1 aromatic carbocycles. The topological polar surface area (TPSA) is 52.5 Å². The summed E-state index contributed by atoms with van der Waals surface area (Å²) >= 11 is 0. The molecule has 4 rings (SSSR count). The molecule has 2 aliphatic heterocycles. The van der Waals surface area contributed by atoms with Gasteiger partial charge in [-0.3, -0.25) is 0 Å². The van der Waals surface area contributed by atoms with Crippen LogP contribution in [0.3, 0.4) is 0 Å². The maximum absolute atomic E-state index is 10.4. The van der Waals surface area contributed by atoms with Gasteiger partial charge >= 0.3 is 0 Å². The number of nitrogens with zero attached hydrogens (tertiary/aromatic N) is 4. The summed E-state index contributed by atoms with van der Waals surface area (Å²) in [4.78, 5) is 4.92. The van der Waals surface area contributed by atoms with Gasteiger partial charge in [-0.15, -0.1) is 10.2 Å². The van der Waals surface area contributed by atoms with Gasteiger partial charge in [0.15, 0.2) is 5.82 Å². The molecule has 1 spiro atoms. The third-order valence-corrected chi connectivity index (χ3v) is 5.98. The molecule has 26 heavy (non-hydrogen) atoms. The molecule has 5 heteroatoms. The van der Waals surface area contributed by atoms with E-state index in [1.165, 1.54) is 32.2 Å². The fraction of sp³-hybridized carbons (Fsp3) is 0.524. The number of rotatable bonds is 2. The molecule has 3 heterocycles. The lowest BCUT2D eigenvalue weighted by Gasteiger charge is -2.45. The number of piperidine rings is 1. The second kappa shape index (κ2) is 6.54. The van der Waals surface area contributed by atoms with Gasteiger partial charge in [0, 0.05) is 18.7 Å². The summed E-state index contributed by atoms with van der Waals surface area (Å²) in [6.45, 7) is 7.33. The molecule has 2 fully saturated rings. The highest BCUT2D eigenvalue weighted by Gasteiger charge is 2.43. The Morgan fingerprint density at radius 3 is 2.46 bits per heavy atom. The van der Waals surface area contributed by atoms with Crippen LogP contribution >= 0.6 is 0 Å². The van der Waals surface area contributed by atoms with Crippen LogP contribution in [0.15, 0.2) is 24.3 Å². The van der Waals surface area contributed by atoms with E-state index in [0.717, 1.165) is 41.3 Å². The van der Waals surface area contributed by atoms with E-state index in [4.69, 9.17) is 0 Å². The van der Waals surface area contributed by atoms with Crippen molar-refractivity contribution < 1.29 is 5.11 Å². The summed E-state index contributed by atoms with van der Waals surface area (Å²) in [6, 6.07) is 7.92. The van der Waals surface area contributed by atoms with Crippen LogP contribution in [0.4, 0.5) is 5.82 Å². The second-order valence-electron chi connectivity index (χ2n) is 8.07. The van der Waals surface area contributed by atoms with E-state index in [1.807, 2.05) is 19.9 Å². The molecule has 0 radical (unpaired) electrons. The molecule has 2 saturated heterocycles. The van der Waals surface area contributed by atoms with Crippen molar-refractivity contribution >= 4 is 5.82 Å².